The molecule has 1 amide bonds. The molecule has 1 unspecified atom stereocenters. The maximum absolute atomic E-state index is 13.1. The van der Waals surface area contributed by atoms with Crippen molar-refractivity contribution in [2.75, 3.05) is 7.11 Å². The topological polar surface area (TPSA) is 124 Å². The van der Waals surface area contributed by atoms with E-state index in [4.69, 9.17) is 14.9 Å². The Balaban J connectivity index is 1.68. The highest BCUT2D eigenvalue weighted by Gasteiger charge is 2.49. The lowest BCUT2D eigenvalue weighted by atomic mass is 10.1. The van der Waals surface area contributed by atoms with E-state index in [1.165, 1.54) is 47.9 Å². The van der Waals surface area contributed by atoms with Crippen molar-refractivity contribution in [3.05, 3.63) is 63.5 Å². The van der Waals surface area contributed by atoms with E-state index in [1.54, 1.807) is 6.07 Å². The third-order valence-corrected chi connectivity index (χ3v) is 8.07. The minimum Gasteiger partial charge on any atom is -0.462 e. The molecule has 3 heterocycles. The first-order valence-electron chi connectivity index (χ1n) is 9.22. The van der Waals surface area contributed by atoms with Gasteiger partial charge in [0.25, 0.3) is 0 Å². The molecular formula is C20H16BrN3O6S2. The van der Waals surface area contributed by atoms with Crippen LogP contribution < -0.4 is 5.73 Å². The van der Waals surface area contributed by atoms with Crippen molar-refractivity contribution in [2.45, 2.75) is 22.1 Å². The molecule has 1 aromatic heterocycles. The van der Waals surface area contributed by atoms with Gasteiger partial charge < -0.3 is 19.7 Å². The van der Waals surface area contributed by atoms with Crippen molar-refractivity contribution in [2.24, 2.45) is 10.9 Å². The van der Waals surface area contributed by atoms with E-state index in [9.17, 15) is 14.4 Å². The second-order valence-electron chi connectivity index (χ2n) is 6.50. The van der Waals surface area contributed by atoms with Crippen LogP contribution in [0, 0.1) is 0 Å². The van der Waals surface area contributed by atoms with E-state index in [-0.39, 0.29) is 34.9 Å². The van der Waals surface area contributed by atoms with Gasteiger partial charge in [0.05, 0.1) is 23.4 Å². The molecular weight excluding hydrogens is 522 g/mol. The Bertz CT molecular complexity index is 1130. The maximum atomic E-state index is 13.1. The van der Waals surface area contributed by atoms with Crippen LogP contribution >= 0.6 is 39.5 Å². The Morgan fingerprint density at radius 2 is 2.09 bits per heavy atom. The molecule has 1 saturated heterocycles. The number of hydrogen-bond donors (Lipinski definition) is 1. The highest BCUT2D eigenvalue weighted by molar-refractivity contribution is 9.10. The number of ether oxygens (including phenoxy) is 1. The number of halogens is 1. The minimum absolute atomic E-state index is 0.0529. The van der Waals surface area contributed by atoms with Gasteiger partial charge in [0.15, 0.2) is 5.76 Å². The smallest absolute Gasteiger partial charge is 0.372 e. The van der Waals surface area contributed by atoms with Crippen molar-refractivity contribution in [1.29, 1.82) is 0 Å². The van der Waals surface area contributed by atoms with Gasteiger partial charge in [-0.1, -0.05) is 29.1 Å². The third-order valence-electron chi connectivity index (χ3n) is 4.51. The van der Waals surface area contributed by atoms with Crippen LogP contribution in [0.3, 0.4) is 0 Å². The fourth-order valence-electron chi connectivity index (χ4n) is 3.07. The molecule has 1 aromatic carbocycles. The molecule has 166 valence electrons. The molecule has 2 aromatic rings. The number of benzene rings is 1. The molecule has 2 atom stereocenters. The lowest BCUT2D eigenvalue weighted by molar-refractivity contribution is -0.156. The monoisotopic (exact) mass is 537 g/mol. The summed E-state index contributed by atoms with van der Waals surface area (Å²) in [4.78, 5) is 45.4. The highest BCUT2D eigenvalue weighted by Crippen LogP contribution is 2.48. The normalized spacial score (nSPS) is 20.5. The Kier molecular flexibility index (Phi) is 6.74. The fourth-order valence-corrected chi connectivity index (χ4v) is 6.01. The number of thioether (sulfide) groups is 2. The lowest BCUT2D eigenvalue weighted by Crippen LogP contribution is -2.56. The van der Waals surface area contributed by atoms with E-state index < -0.39 is 17.3 Å². The third kappa shape index (κ3) is 4.35. The van der Waals surface area contributed by atoms with Crippen LogP contribution in [0.5, 0.6) is 0 Å². The summed E-state index contributed by atoms with van der Waals surface area (Å²) in [5, 5.41) is 2.72. The number of carbonyl (C=O) groups excluding carboxylic acids is 3. The largest absolute Gasteiger partial charge is 0.462 e. The molecule has 9 nitrogen and oxygen atoms in total. The van der Waals surface area contributed by atoms with Crippen molar-refractivity contribution < 1.29 is 28.4 Å². The molecule has 2 aliphatic rings. The molecule has 12 heteroatoms. The Labute approximate surface area is 199 Å². The van der Waals surface area contributed by atoms with Crippen LogP contribution in [-0.4, -0.2) is 46.3 Å². The first-order chi connectivity index (χ1) is 15.4. The van der Waals surface area contributed by atoms with Crippen molar-refractivity contribution in [3.63, 3.8) is 0 Å². The van der Waals surface area contributed by atoms with Gasteiger partial charge in [0, 0.05) is 14.3 Å². The molecule has 0 saturated carbocycles. The molecule has 0 spiro atoms. The van der Waals surface area contributed by atoms with Gasteiger partial charge in [-0.3, -0.25) is 9.69 Å². The number of carbonyl (C=O) groups is 3. The van der Waals surface area contributed by atoms with Gasteiger partial charge in [-0.15, -0.1) is 11.8 Å². The Morgan fingerprint density at radius 1 is 1.31 bits per heavy atom. The lowest BCUT2D eigenvalue weighted by Gasteiger charge is -2.45. The summed E-state index contributed by atoms with van der Waals surface area (Å²) >= 11 is 6.06. The zero-order chi connectivity index (χ0) is 22.8. The second kappa shape index (κ2) is 9.53. The number of hydrogen-bond acceptors (Lipinski definition) is 10. The van der Waals surface area contributed by atoms with Crippen LogP contribution in [0.15, 0.2) is 72.2 Å². The fraction of sp³-hybridized carbons (Fsp3) is 0.200. The number of furan rings is 1. The van der Waals surface area contributed by atoms with Gasteiger partial charge in [-0.05, 0) is 40.2 Å². The van der Waals surface area contributed by atoms with Crippen LogP contribution in [0.2, 0.25) is 0 Å². The molecule has 2 aliphatic heterocycles. The van der Waals surface area contributed by atoms with Crippen LogP contribution in [0.25, 0.3) is 0 Å². The standard InChI is InChI=1S/C20H16BrN3O6S2/c1-28-23-15(11-6-4-8-29-11)19(26)30-20(27)16-17(31-12-7-3-2-5-10(12)21)18(22)32-14-9-13(25)24(14)16/h2-8,14,18H,9,22H2,1H3/b23-15-/t14-,18?/m1/s1. The zero-order valence-electron chi connectivity index (χ0n) is 16.5. The van der Waals surface area contributed by atoms with Crippen LogP contribution in [0.4, 0.5) is 0 Å². The van der Waals surface area contributed by atoms with Gasteiger partial charge >= 0.3 is 11.9 Å². The average molecular weight is 538 g/mol. The summed E-state index contributed by atoms with van der Waals surface area (Å²) in [5.41, 5.74) is 5.95. The van der Waals surface area contributed by atoms with Crippen molar-refractivity contribution in [3.8, 4) is 0 Å². The zero-order valence-corrected chi connectivity index (χ0v) is 19.7. The summed E-state index contributed by atoms with van der Waals surface area (Å²) in [6, 6.07) is 10.4. The summed E-state index contributed by atoms with van der Waals surface area (Å²) in [7, 11) is 1.24. The number of esters is 2. The number of oxime groups is 1. The molecule has 2 N–H and O–H groups in total. The number of rotatable bonds is 6. The SMILES string of the molecule is CO/N=C(\C(=O)OC(=O)C1=C(Sc2ccccc2Br)C(N)S[C@@H]2CC(=O)N12)c1ccco1. The minimum atomic E-state index is -1.08. The number of nitrogens with two attached hydrogens (primary N) is 1. The van der Waals surface area contributed by atoms with Gasteiger partial charge in [0.1, 0.15) is 12.8 Å². The number of fused-ring (bicyclic) bond motifs is 1. The molecule has 4 rings (SSSR count). The van der Waals surface area contributed by atoms with E-state index in [1.807, 2.05) is 24.3 Å². The molecule has 1 fully saturated rings. The van der Waals surface area contributed by atoms with Gasteiger partial charge in [-0.2, -0.15) is 0 Å². The molecule has 0 radical (unpaired) electrons. The quantitative estimate of drug-likeness (QED) is 0.194. The van der Waals surface area contributed by atoms with Crippen molar-refractivity contribution in [1.82, 2.24) is 4.90 Å². The average Bonchev–Trinajstić information content (AvgIpc) is 3.28. The van der Waals surface area contributed by atoms with Crippen LogP contribution in [-0.2, 0) is 24.0 Å². The molecule has 0 bridgehead atoms. The predicted octanol–water partition coefficient (Wildman–Crippen LogP) is 3.06. The first-order valence-corrected chi connectivity index (χ1v) is 11.8. The summed E-state index contributed by atoms with van der Waals surface area (Å²) in [6.07, 6.45) is 1.59. The maximum Gasteiger partial charge on any atom is 0.372 e. The van der Waals surface area contributed by atoms with E-state index in [0.29, 0.717) is 4.91 Å². The van der Waals surface area contributed by atoms with Gasteiger partial charge in [0.2, 0.25) is 11.6 Å². The highest BCUT2D eigenvalue weighted by atomic mass is 79.9. The van der Waals surface area contributed by atoms with Crippen LogP contribution in [0.1, 0.15) is 12.2 Å². The number of amides is 1. The summed E-state index contributed by atoms with van der Waals surface area (Å²) in [6.45, 7) is 0. The molecule has 0 aliphatic carbocycles. The summed E-state index contributed by atoms with van der Waals surface area (Å²) < 4.78 is 11.0. The summed E-state index contributed by atoms with van der Waals surface area (Å²) in [5.74, 6) is -2.28. The first kappa shape index (κ1) is 22.6. The van der Waals surface area contributed by atoms with E-state index in [2.05, 4.69) is 25.9 Å². The Hall–Kier alpha value is -2.54. The Morgan fingerprint density at radius 3 is 2.75 bits per heavy atom. The van der Waals surface area contributed by atoms with E-state index in [0.717, 1.165) is 9.37 Å². The van der Waals surface area contributed by atoms with E-state index >= 15 is 0 Å². The predicted molar refractivity (Wildman–Crippen MR) is 121 cm³/mol. The van der Waals surface area contributed by atoms with Gasteiger partial charge in [-0.25, -0.2) is 9.59 Å². The second-order valence-corrected chi connectivity index (χ2v) is 9.76. The molecule has 32 heavy (non-hydrogen) atoms. The number of β-lactam (4-membered cyclic amide) rings is 1. The number of nitrogens with zero attached hydrogens (tertiary/aromatic N) is 2. The van der Waals surface area contributed by atoms with Crippen molar-refractivity contribution >= 4 is 63.0 Å².